The molecule has 1 aliphatic carbocycles. The average molecular weight is 188 g/mol. The SMILES string of the molecule is CC1CC1C(=O)N1CCC(Cl)C1. The smallest absolute Gasteiger partial charge is 0.226 e. The molecule has 0 radical (unpaired) electrons. The number of hydrogen-bond donors (Lipinski definition) is 0. The Hall–Kier alpha value is -0.240. The molecule has 0 spiro atoms. The highest BCUT2D eigenvalue weighted by atomic mass is 35.5. The van der Waals surface area contributed by atoms with Crippen LogP contribution in [0, 0.1) is 11.8 Å². The van der Waals surface area contributed by atoms with Crippen LogP contribution >= 0.6 is 11.6 Å². The minimum absolute atomic E-state index is 0.197. The molecule has 0 aromatic carbocycles. The molecule has 3 heteroatoms. The molecule has 2 rings (SSSR count). The Balaban J connectivity index is 1.89. The largest absolute Gasteiger partial charge is 0.341 e. The van der Waals surface area contributed by atoms with E-state index in [4.69, 9.17) is 11.6 Å². The molecule has 0 bridgehead atoms. The molecule has 12 heavy (non-hydrogen) atoms. The van der Waals surface area contributed by atoms with Crippen LogP contribution in [0.2, 0.25) is 0 Å². The Kier molecular flexibility index (Phi) is 2.03. The summed E-state index contributed by atoms with van der Waals surface area (Å²) in [7, 11) is 0. The Morgan fingerprint density at radius 2 is 2.25 bits per heavy atom. The van der Waals surface area contributed by atoms with E-state index in [0.717, 1.165) is 25.9 Å². The molecule has 1 saturated heterocycles. The molecule has 2 fully saturated rings. The zero-order chi connectivity index (χ0) is 8.72. The van der Waals surface area contributed by atoms with Gasteiger partial charge in [0.2, 0.25) is 5.91 Å². The van der Waals surface area contributed by atoms with Crippen molar-refractivity contribution >= 4 is 17.5 Å². The van der Waals surface area contributed by atoms with E-state index in [1.807, 2.05) is 4.90 Å². The third-order valence-corrected chi connectivity index (χ3v) is 3.23. The topological polar surface area (TPSA) is 20.3 Å². The Morgan fingerprint density at radius 1 is 1.58 bits per heavy atom. The van der Waals surface area contributed by atoms with Crippen molar-refractivity contribution in [1.29, 1.82) is 0 Å². The average Bonchev–Trinajstić information content (AvgIpc) is 2.58. The quantitative estimate of drug-likeness (QED) is 0.570. The molecule has 2 nitrogen and oxygen atoms in total. The van der Waals surface area contributed by atoms with Gasteiger partial charge >= 0.3 is 0 Å². The van der Waals surface area contributed by atoms with Gasteiger partial charge in [-0.25, -0.2) is 0 Å². The lowest BCUT2D eigenvalue weighted by molar-refractivity contribution is -0.131. The number of rotatable bonds is 1. The Bertz CT molecular complexity index is 207. The van der Waals surface area contributed by atoms with Crippen molar-refractivity contribution in [2.75, 3.05) is 13.1 Å². The maximum atomic E-state index is 11.6. The van der Waals surface area contributed by atoms with Crippen LogP contribution in [0.4, 0.5) is 0 Å². The number of carbonyl (C=O) groups excluding carboxylic acids is 1. The minimum atomic E-state index is 0.197. The summed E-state index contributed by atoms with van der Waals surface area (Å²) in [6.45, 7) is 3.77. The van der Waals surface area contributed by atoms with E-state index in [0.29, 0.717) is 17.7 Å². The van der Waals surface area contributed by atoms with Crippen molar-refractivity contribution in [3.05, 3.63) is 0 Å². The van der Waals surface area contributed by atoms with Gasteiger partial charge in [-0.1, -0.05) is 6.92 Å². The van der Waals surface area contributed by atoms with Gasteiger partial charge in [0.1, 0.15) is 0 Å². The second-order valence-corrected chi connectivity index (χ2v) is 4.61. The molecule has 1 heterocycles. The molecule has 1 saturated carbocycles. The lowest BCUT2D eigenvalue weighted by atomic mass is 10.3. The van der Waals surface area contributed by atoms with Gasteiger partial charge in [-0.2, -0.15) is 0 Å². The van der Waals surface area contributed by atoms with Gasteiger partial charge in [0.15, 0.2) is 0 Å². The molecule has 0 N–H and O–H groups in total. The first kappa shape index (κ1) is 8.36. The molecule has 1 amide bonds. The van der Waals surface area contributed by atoms with Gasteiger partial charge in [-0.15, -0.1) is 11.6 Å². The van der Waals surface area contributed by atoms with Crippen LogP contribution in [0.3, 0.4) is 0 Å². The summed E-state index contributed by atoms with van der Waals surface area (Å²) >= 11 is 5.92. The summed E-state index contributed by atoms with van der Waals surface area (Å²) in [6, 6.07) is 0. The minimum Gasteiger partial charge on any atom is -0.341 e. The van der Waals surface area contributed by atoms with Gasteiger partial charge in [0, 0.05) is 19.0 Å². The molecule has 0 aromatic heterocycles. The monoisotopic (exact) mass is 187 g/mol. The van der Waals surface area contributed by atoms with E-state index in [1.54, 1.807) is 0 Å². The molecular formula is C9H14ClNO. The summed E-state index contributed by atoms with van der Waals surface area (Å²) in [5.41, 5.74) is 0. The standard InChI is InChI=1S/C9H14ClNO/c1-6-4-8(6)9(12)11-3-2-7(10)5-11/h6-8H,2-5H2,1H3. The third kappa shape index (κ3) is 1.45. The van der Waals surface area contributed by atoms with E-state index in [2.05, 4.69) is 6.92 Å². The predicted molar refractivity (Wildman–Crippen MR) is 48.1 cm³/mol. The highest BCUT2D eigenvalue weighted by Crippen LogP contribution is 2.39. The summed E-state index contributed by atoms with van der Waals surface area (Å²) in [4.78, 5) is 13.6. The summed E-state index contributed by atoms with van der Waals surface area (Å²) in [5, 5.41) is 0.197. The normalized spacial score (nSPS) is 40.2. The first-order chi connectivity index (χ1) is 5.68. The first-order valence-electron chi connectivity index (χ1n) is 4.61. The van der Waals surface area contributed by atoms with Crippen molar-refractivity contribution in [3.63, 3.8) is 0 Å². The van der Waals surface area contributed by atoms with E-state index in [1.165, 1.54) is 0 Å². The number of alkyl halides is 1. The fraction of sp³-hybridized carbons (Fsp3) is 0.889. The van der Waals surface area contributed by atoms with Crippen LogP contribution in [0.15, 0.2) is 0 Å². The highest BCUT2D eigenvalue weighted by molar-refractivity contribution is 6.21. The molecule has 2 aliphatic rings. The number of carbonyl (C=O) groups is 1. The Morgan fingerprint density at radius 3 is 2.67 bits per heavy atom. The first-order valence-corrected chi connectivity index (χ1v) is 5.05. The van der Waals surface area contributed by atoms with Crippen molar-refractivity contribution in [2.45, 2.75) is 25.1 Å². The van der Waals surface area contributed by atoms with Crippen LogP contribution in [0.1, 0.15) is 19.8 Å². The van der Waals surface area contributed by atoms with Gasteiger partial charge in [-0.05, 0) is 18.8 Å². The number of hydrogen-bond acceptors (Lipinski definition) is 1. The molecule has 0 aromatic rings. The number of likely N-dealkylation sites (tertiary alicyclic amines) is 1. The molecule has 3 atom stereocenters. The van der Waals surface area contributed by atoms with E-state index < -0.39 is 0 Å². The zero-order valence-electron chi connectivity index (χ0n) is 7.29. The number of nitrogens with zero attached hydrogens (tertiary/aromatic N) is 1. The Labute approximate surface area is 77.9 Å². The van der Waals surface area contributed by atoms with Crippen molar-refractivity contribution in [2.24, 2.45) is 11.8 Å². The summed E-state index contributed by atoms with van der Waals surface area (Å²) in [5.74, 6) is 1.28. The maximum Gasteiger partial charge on any atom is 0.226 e. The van der Waals surface area contributed by atoms with Gasteiger partial charge in [0.25, 0.3) is 0 Å². The summed E-state index contributed by atoms with van der Waals surface area (Å²) in [6.07, 6.45) is 2.05. The van der Waals surface area contributed by atoms with Gasteiger partial charge in [0.05, 0.1) is 5.38 Å². The third-order valence-electron chi connectivity index (χ3n) is 2.87. The second kappa shape index (κ2) is 2.91. The van der Waals surface area contributed by atoms with E-state index in [9.17, 15) is 4.79 Å². The van der Waals surface area contributed by atoms with Gasteiger partial charge < -0.3 is 4.90 Å². The van der Waals surface area contributed by atoms with E-state index in [-0.39, 0.29) is 5.38 Å². The number of halogens is 1. The highest BCUT2D eigenvalue weighted by Gasteiger charge is 2.42. The summed E-state index contributed by atoms with van der Waals surface area (Å²) < 4.78 is 0. The van der Waals surface area contributed by atoms with Crippen LogP contribution in [0.5, 0.6) is 0 Å². The molecule has 68 valence electrons. The van der Waals surface area contributed by atoms with Crippen molar-refractivity contribution < 1.29 is 4.79 Å². The zero-order valence-corrected chi connectivity index (χ0v) is 8.05. The van der Waals surface area contributed by atoms with Crippen LogP contribution in [0.25, 0.3) is 0 Å². The van der Waals surface area contributed by atoms with Crippen molar-refractivity contribution in [1.82, 2.24) is 4.90 Å². The fourth-order valence-corrected chi connectivity index (χ4v) is 2.08. The van der Waals surface area contributed by atoms with Crippen LogP contribution < -0.4 is 0 Å². The molecule has 1 aliphatic heterocycles. The maximum absolute atomic E-state index is 11.6. The van der Waals surface area contributed by atoms with Crippen LogP contribution in [-0.2, 0) is 4.79 Å². The fourth-order valence-electron chi connectivity index (χ4n) is 1.82. The lowest BCUT2D eigenvalue weighted by Gasteiger charge is -2.14. The van der Waals surface area contributed by atoms with Crippen LogP contribution in [-0.4, -0.2) is 29.3 Å². The van der Waals surface area contributed by atoms with E-state index >= 15 is 0 Å². The van der Waals surface area contributed by atoms with Crippen molar-refractivity contribution in [3.8, 4) is 0 Å². The second-order valence-electron chi connectivity index (χ2n) is 3.99. The predicted octanol–water partition coefficient (Wildman–Crippen LogP) is 1.48. The number of amides is 1. The lowest BCUT2D eigenvalue weighted by Crippen LogP contribution is -2.30. The molecule has 3 unspecified atom stereocenters. The molecular weight excluding hydrogens is 174 g/mol. The van der Waals surface area contributed by atoms with Gasteiger partial charge in [-0.3, -0.25) is 4.79 Å².